The minimum Gasteiger partial charge on any atom is -0.389 e. The van der Waals surface area contributed by atoms with Gasteiger partial charge in [0, 0.05) is 28.8 Å². The summed E-state index contributed by atoms with van der Waals surface area (Å²) in [6, 6.07) is 5.74. The summed E-state index contributed by atoms with van der Waals surface area (Å²) in [5.41, 5.74) is 7.39. The van der Waals surface area contributed by atoms with Crippen LogP contribution in [0.4, 0.5) is 5.69 Å². The van der Waals surface area contributed by atoms with Crippen LogP contribution in [0.25, 0.3) is 0 Å². The number of benzene rings is 1. The fraction of sp³-hybridized carbons (Fsp3) is 0.273. The Morgan fingerprint density at radius 3 is 2.88 bits per heavy atom. The molecule has 1 aromatic rings. The zero-order valence-electron chi connectivity index (χ0n) is 9.07. The molecule has 17 heavy (non-hydrogen) atoms. The van der Waals surface area contributed by atoms with Crippen LogP contribution in [0.3, 0.4) is 0 Å². The largest absolute Gasteiger partial charge is 0.389 e. The number of rotatable bonds is 2. The van der Waals surface area contributed by atoms with Crippen LogP contribution in [0.5, 0.6) is 0 Å². The van der Waals surface area contributed by atoms with Crippen molar-refractivity contribution in [2.45, 2.75) is 0 Å². The van der Waals surface area contributed by atoms with E-state index < -0.39 is 0 Å². The van der Waals surface area contributed by atoms with E-state index in [1.807, 2.05) is 23.1 Å². The summed E-state index contributed by atoms with van der Waals surface area (Å²) >= 11 is 8.37. The molecule has 1 aromatic carbocycles. The van der Waals surface area contributed by atoms with Crippen molar-refractivity contribution in [1.82, 2.24) is 5.32 Å². The highest BCUT2D eigenvalue weighted by atomic mass is 79.9. The molecule has 0 saturated carbocycles. The van der Waals surface area contributed by atoms with Gasteiger partial charge in [-0.3, -0.25) is 4.79 Å². The fourth-order valence-electron chi connectivity index (χ4n) is 1.76. The van der Waals surface area contributed by atoms with Gasteiger partial charge in [-0.15, -0.1) is 0 Å². The first-order chi connectivity index (χ1) is 8.08. The van der Waals surface area contributed by atoms with E-state index in [0.29, 0.717) is 18.1 Å². The van der Waals surface area contributed by atoms with Crippen LogP contribution in [0.15, 0.2) is 22.7 Å². The van der Waals surface area contributed by atoms with Crippen molar-refractivity contribution in [3.8, 4) is 0 Å². The van der Waals surface area contributed by atoms with E-state index in [1.165, 1.54) is 0 Å². The number of hydrogen-bond donors (Lipinski definition) is 2. The fourth-order valence-corrected chi connectivity index (χ4v) is 2.65. The molecule has 3 N–H and O–H groups in total. The number of anilines is 1. The molecule has 0 radical (unpaired) electrons. The second-order valence-corrected chi connectivity index (χ2v) is 5.09. The zero-order chi connectivity index (χ0) is 12.4. The topological polar surface area (TPSA) is 58.4 Å². The highest BCUT2D eigenvalue weighted by Gasteiger charge is 2.17. The lowest BCUT2D eigenvalue weighted by molar-refractivity contribution is -0.120. The molecule has 1 aliphatic heterocycles. The van der Waals surface area contributed by atoms with Crippen molar-refractivity contribution < 1.29 is 4.79 Å². The number of nitrogens with two attached hydrogens (primary N) is 1. The lowest BCUT2D eigenvalue weighted by Gasteiger charge is -2.28. The molecule has 0 aromatic heterocycles. The molecule has 1 amide bonds. The van der Waals surface area contributed by atoms with Crippen molar-refractivity contribution >= 4 is 44.7 Å². The van der Waals surface area contributed by atoms with Gasteiger partial charge in [0.15, 0.2) is 0 Å². The summed E-state index contributed by atoms with van der Waals surface area (Å²) in [5.74, 6) is 0.0470. The summed E-state index contributed by atoms with van der Waals surface area (Å²) in [5, 5.41) is 2.79. The predicted octanol–water partition coefficient (Wildman–Crippen LogP) is 1.02. The van der Waals surface area contributed by atoms with Gasteiger partial charge >= 0.3 is 0 Å². The molecule has 2 rings (SSSR count). The number of carbonyl (C=O) groups excluding carboxylic acids is 1. The van der Waals surface area contributed by atoms with Crippen LogP contribution in [0.1, 0.15) is 5.56 Å². The lowest BCUT2D eigenvalue weighted by Crippen LogP contribution is -2.47. The average molecular weight is 314 g/mol. The Morgan fingerprint density at radius 2 is 2.29 bits per heavy atom. The van der Waals surface area contributed by atoms with Gasteiger partial charge in [-0.25, -0.2) is 0 Å². The number of amides is 1. The number of carbonyl (C=O) groups is 1. The van der Waals surface area contributed by atoms with Crippen LogP contribution in [-0.2, 0) is 4.79 Å². The van der Waals surface area contributed by atoms with Crippen LogP contribution >= 0.6 is 28.1 Å². The number of thiocarbonyl (C=S) groups is 1. The summed E-state index contributed by atoms with van der Waals surface area (Å²) in [6.45, 7) is 1.87. The summed E-state index contributed by atoms with van der Waals surface area (Å²) in [4.78, 5) is 13.7. The van der Waals surface area contributed by atoms with Crippen LogP contribution in [0, 0.1) is 0 Å². The van der Waals surface area contributed by atoms with Crippen molar-refractivity contribution in [3.05, 3.63) is 28.2 Å². The Hall–Kier alpha value is -1.14. The smallest absolute Gasteiger partial charge is 0.239 e. The van der Waals surface area contributed by atoms with Gasteiger partial charge in [0.05, 0.1) is 6.54 Å². The molecule has 4 nitrogen and oxygen atoms in total. The molecular formula is C11H12BrN3OS. The van der Waals surface area contributed by atoms with Crippen molar-refractivity contribution in [1.29, 1.82) is 0 Å². The third kappa shape index (κ3) is 2.76. The van der Waals surface area contributed by atoms with Gasteiger partial charge in [-0.1, -0.05) is 12.2 Å². The van der Waals surface area contributed by atoms with Crippen molar-refractivity contribution in [2.24, 2.45) is 5.73 Å². The van der Waals surface area contributed by atoms with E-state index in [0.717, 1.165) is 22.3 Å². The molecule has 0 unspecified atom stereocenters. The zero-order valence-corrected chi connectivity index (χ0v) is 11.5. The summed E-state index contributed by atoms with van der Waals surface area (Å²) < 4.78 is 0.855. The Morgan fingerprint density at radius 1 is 1.53 bits per heavy atom. The SMILES string of the molecule is NC(=S)c1ccc(N2CCNC(=O)C2)cc1Br. The predicted molar refractivity (Wildman–Crippen MR) is 75.3 cm³/mol. The van der Waals surface area contributed by atoms with Gasteiger partial charge in [0.2, 0.25) is 5.91 Å². The third-order valence-corrected chi connectivity index (χ3v) is 3.50. The van der Waals surface area contributed by atoms with Gasteiger partial charge in [0.25, 0.3) is 0 Å². The maximum absolute atomic E-state index is 11.3. The highest BCUT2D eigenvalue weighted by molar-refractivity contribution is 9.10. The molecule has 90 valence electrons. The van der Waals surface area contributed by atoms with Gasteiger partial charge in [0.1, 0.15) is 4.99 Å². The van der Waals surface area contributed by atoms with Gasteiger partial charge in [-0.2, -0.15) is 0 Å². The number of nitrogens with zero attached hydrogens (tertiary/aromatic N) is 1. The highest BCUT2D eigenvalue weighted by Crippen LogP contribution is 2.24. The van der Waals surface area contributed by atoms with E-state index in [2.05, 4.69) is 21.2 Å². The molecule has 1 saturated heterocycles. The maximum atomic E-state index is 11.3. The minimum atomic E-state index is 0.0470. The molecule has 1 aliphatic rings. The normalized spacial score (nSPS) is 15.6. The third-order valence-electron chi connectivity index (χ3n) is 2.62. The Balaban J connectivity index is 2.25. The Kier molecular flexibility index (Phi) is 3.63. The number of halogens is 1. The van der Waals surface area contributed by atoms with Crippen molar-refractivity contribution in [2.75, 3.05) is 24.5 Å². The van der Waals surface area contributed by atoms with Gasteiger partial charge < -0.3 is 16.0 Å². The van der Waals surface area contributed by atoms with E-state index in [-0.39, 0.29) is 5.91 Å². The average Bonchev–Trinajstić information content (AvgIpc) is 2.28. The second kappa shape index (κ2) is 5.01. The number of hydrogen-bond acceptors (Lipinski definition) is 3. The molecule has 0 aliphatic carbocycles. The molecule has 1 fully saturated rings. The first kappa shape index (κ1) is 12.3. The Labute approximate surface area is 113 Å². The first-order valence-electron chi connectivity index (χ1n) is 5.19. The minimum absolute atomic E-state index is 0.0470. The van der Waals surface area contributed by atoms with Crippen LogP contribution in [-0.4, -0.2) is 30.5 Å². The molecule has 6 heteroatoms. The maximum Gasteiger partial charge on any atom is 0.239 e. The van der Waals surface area contributed by atoms with Gasteiger partial charge in [-0.05, 0) is 34.1 Å². The number of nitrogens with one attached hydrogen (secondary N) is 1. The molecule has 0 spiro atoms. The van der Waals surface area contributed by atoms with E-state index in [4.69, 9.17) is 18.0 Å². The second-order valence-electron chi connectivity index (χ2n) is 3.80. The monoisotopic (exact) mass is 313 g/mol. The van der Waals surface area contributed by atoms with E-state index >= 15 is 0 Å². The van der Waals surface area contributed by atoms with Crippen molar-refractivity contribution in [3.63, 3.8) is 0 Å². The molecule has 0 atom stereocenters. The molecule has 0 bridgehead atoms. The Bertz CT molecular complexity index is 478. The molecular weight excluding hydrogens is 302 g/mol. The first-order valence-corrected chi connectivity index (χ1v) is 6.39. The van der Waals surface area contributed by atoms with E-state index in [9.17, 15) is 4.79 Å². The summed E-state index contributed by atoms with van der Waals surface area (Å²) in [7, 11) is 0. The molecule has 1 heterocycles. The summed E-state index contributed by atoms with van der Waals surface area (Å²) in [6.07, 6.45) is 0. The quantitative estimate of drug-likeness (QED) is 0.800. The van der Waals surface area contributed by atoms with E-state index in [1.54, 1.807) is 0 Å². The van der Waals surface area contributed by atoms with Crippen LogP contribution in [0.2, 0.25) is 0 Å². The standard InChI is InChI=1S/C11H12BrN3OS/c12-9-5-7(1-2-8(9)11(13)17)15-4-3-14-10(16)6-15/h1-2,5H,3-4,6H2,(H2,13,17)(H,14,16). The number of piperazine rings is 1. The lowest BCUT2D eigenvalue weighted by atomic mass is 10.2. The van der Waals surface area contributed by atoms with Crippen LogP contribution < -0.4 is 16.0 Å².